The van der Waals surface area contributed by atoms with Crippen molar-refractivity contribution in [3.8, 4) is 0 Å². The van der Waals surface area contributed by atoms with Crippen molar-refractivity contribution in [2.45, 2.75) is 11.3 Å². The maximum absolute atomic E-state index is 12.7. The second-order valence-corrected chi connectivity index (χ2v) is 8.04. The molecule has 1 aromatic heterocycles. The lowest BCUT2D eigenvalue weighted by atomic mass is 10.2. The van der Waals surface area contributed by atoms with Gasteiger partial charge in [-0.15, -0.1) is 0 Å². The zero-order chi connectivity index (χ0) is 19.4. The minimum atomic E-state index is -3.60. The third kappa shape index (κ3) is 4.15. The Hall–Kier alpha value is -2.78. The summed E-state index contributed by atoms with van der Waals surface area (Å²) in [7, 11) is -3.60. The summed E-state index contributed by atoms with van der Waals surface area (Å²) in [5.41, 5.74) is 0.141. The average Bonchev–Trinajstić information content (AvgIpc) is 2.95. The number of carboxylic acid groups (broad SMARTS) is 1. The van der Waals surface area contributed by atoms with Crippen LogP contribution in [-0.2, 0) is 10.0 Å². The highest BCUT2D eigenvalue weighted by Crippen LogP contribution is 2.18. The van der Waals surface area contributed by atoms with Crippen molar-refractivity contribution in [1.29, 1.82) is 0 Å². The summed E-state index contributed by atoms with van der Waals surface area (Å²) < 4.78 is 26.9. The number of benzene rings is 1. The molecule has 1 fully saturated rings. The largest absolute Gasteiger partial charge is 0.477 e. The Morgan fingerprint density at radius 1 is 0.963 bits per heavy atom. The van der Waals surface area contributed by atoms with Crippen molar-refractivity contribution < 1.29 is 23.1 Å². The minimum Gasteiger partial charge on any atom is -0.477 e. The fraction of sp³-hybridized carbons (Fsp3) is 0.278. The molecule has 1 amide bonds. The molecular weight excluding hydrogens is 370 g/mol. The molecule has 1 aromatic carbocycles. The zero-order valence-corrected chi connectivity index (χ0v) is 15.3. The number of pyridine rings is 1. The van der Waals surface area contributed by atoms with Crippen molar-refractivity contribution in [2.75, 3.05) is 26.2 Å². The van der Waals surface area contributed by atoms with Crippen molar-refractivity contribution in [3.05, 3.63) is 59.9 Å². The van der Waals surface area contributed by atoms with Crippen molar-refractivity contribution in [1.82, 2.24) is 14.2 Å². The molecule has 0 saturated carbocycles. The van der Waals surface area contributed by atoms with Crippen molar-refractivity contribution >= 4 is 21.9 Å². The van der Waals surface area contributed by atoms with E-state index in [1.165, 1.54) is 22.6 Å². The molecule has 8 nitrogen and oxygen atoms in total. The molecule has 3 rings (SSSR count). The predicted octanol–water partition coefficient (Wildman–Crippen LogP) is 1.32. The van der Waals surface area contributed by atoms with Gasteiger partial charge >= 0.3 is 5.97 Å². The summed E-state index contributed by atoms with van der Waals surface area (Å²) in [5, 5.41) is 8.88. The Balaban J connectivity index is 1.71. The number of carboxylic acids is 1. The molecule has 1 aliphatic heterocycles. The monoisotopic (exact) mass is 389 g/mol. The molecule has 1 saturated heterocycles. The van der Waals surface area contributed by atoms with E-state index in [4.69, 9.17) is 5.11 Å². The van der Waals surface area contributed by atoms with Gasteiger partial charge in [-0.3, -0.25) is 4.79 Å². The summed E-state index contributed by atoms with van der Waals surface area (Å²) in [5.74, 6) is -1.45. The molecule has 0 bridgehead atoms. The molecule has 2 heterocycles. The third-order valence-corrected chi connectivity index (χ3v) is 6.27. The number of carbonyl (C=O) groups excluding carboxylic acids is 1. The Morgan fingerprint density at radius 3 is 2.33 bits per heavy atom. The number of carbonyl (C=O) groups is 2. The Kier molecular flexibility index (Phi) is 5.52. The molecule has 1 N–H and O–H groups in total. The Labute approximate surface area is 157 Å². The van der Waals surface area contributed by atoms with Crippen molar-refractivity contribution in [2.24, 2.45) is 0 Å². The van der Waals surface area contributed by atoms with E-state index in [-0.39, 0.29) is 35.1 Å². The van der Waals surface area contributed by atoms with Gasteiger partial charge in [0, 0.05) is 32.4 Å². The maximum atomic E-state index is 12.7. The zero-order valence-electron chi connectivity index (χ0n) is 14.5. The van der Waals surface area contributed by atoms with Gasteiger partial charge in [0.25, 0.3) is 5.91 Å². The van der Waals surface area contributed by atoms with Crippen LogP contribution in [-0.4, -0.2) is 65.8 Å². The quantitative estimate of drug-likeness (QED) is 0.845. The van der Waals surface area contributed by atoms with E-state index in [9.17, 15) is 18.0 Å². The van der Waals surface area contributed by atoms with Crippen LogP contribution < -0.4 is 0 Å². The molecule has 1 aliphatic rings. The van der Waals surface area contributed by atoms with Crippen LogP contribution >= 0.6 is 0 Å². The molecule has 0 radical (unpaired) electrons. The molecule has 27 heavy (non-hydrogen) atoms. The molecule has 142 valence electrons. The lowest BCUT2D eigenvalue weighted by Crippen LogP contribution is -2.37. The number of amides is 1. The second kappa shape index (κ2) is 7.85. The second-order valence-electron chi connectivity index (χ2n) is 6.10. The number of hydrogen-bond acceptors (Lipinski definition) is 5. The normalized spacial score (nSPS) is 15.9. The molecular formula is C18H19N3O5S. The number of nitrogens with zero attached hydrogens (tertiary/aromatic N) is 3. The highest BCUT2D eigenvalue weighted by atomic mass is 32.2. The predicted molar refractivity (Wildman–Crippen MR) is 96.9 cm³/mol. The van der Waals surface area contributed by atoms with Gasteiger partial charge in [0.15, 0.2) is 0 Å². The van der Waals surface area contributed by atoms with Crippen LogP contribution in [0.4, 0.5) is 0 Å². The first-order valence-electron chi connectivity index (χ1n) is 8.43. The molecule has 0 atom stereocenters. The van der Waals surface area contributed by atoms with E-state index in [0.717, 1.165) is 0 Å². The lowest BCUT2D eigenvalue weighted by molar-refractivity contribution is 0.0687. The SMILES string of the molecule is O=C(O)c1ccc(C(=O)N2CCCN(S(=O)(=O)c3ccccc3)CC2)cn1. The van der Waals surface area contributed by atoms with Crippen LogP contribution in [0.5, 0.6) is 0 Å². The van der Waals surface area contributed by atoms with Crippen LogP contribution in [0.1, 0.15) is 27.3 Å². The summed E-state index contributed by atoms with van der Waals surface area (Å²) in [4.78, 5) is 29.0. The van der Waals surface area contributed by atoms with Gasteiger partial charge < -0.3 is 10.0 Å². The minimum absolute atomic E-state index is 0.137. The third-order valence-electron chi connectivity index (χ3n) is 4.35. The summed E-state index contributed by atoms with van der Waals surface area (Å²) in [6, 6.07) is 10.9. The van der Waals surface area contributed by atoms with E-state index < -0.39 is 16.0 Å². The molecule has 0 aliphatic carbocycles. The van der Waals surface area contributed by atoms with E-state index in [0.29, 0.717) is 19.5 Å². The Morgan fingerprint density at radius 2 is 1.70 bits per heavy atom. The van der Waals surface area contributed by atoms with E-state index >= 15 is 0 Å². The topological polar surface area (TPSA) is 108 Å². The van der Waals surface area contributed by atoms with Gasteiger partial charge in [0.1, 0.15) is 5.69 Å². The van der Waals surface area contributed by atoms with Crippen LogP contribution in [0.25, 0.3) is 0 Å². The fourth-order valence-electron chi connectivity index (χ4n) is 2.91. The average molecular weight is 389 g/mol. The molecule has 0 spiro atoms. The fourth-order valence-corrected chi connectivity index (χ4v) is 4.40. The molecule has 9 heteroatoms. The highest BCUT2D eigenvalue weighted by Gasteiger charge is 2.28. The van der Waals surface area contributed by atoms with Gasteiger partial charge in [0.05, 0.1) is 10.5 Å². The lowest BCUT2D eigenvalue weighted by Gasteiger charge is -2.22. The van der Waals surface area contributed by atoms with Gasteiger partial charge in [-0.1, -0.05) is 18.2 Å². The number of sulfonamides is 1. The van der Waals surface area contributed by atoms with E-state index in [1.807, 2.05) is 0 Å². The number of rotatable bonds is 4. The highest BCUT2D eigenvalue weighted by molar-refractivity contribution is 7.89. The molecule has 2 aromatic rings. The van der Waals surface area contributed by atoms with Gasteiger partial charge in [-0.25, -0.2) is 18.2 Å². The number of aromatic nitrogens is 1. The Bertz CT molecular complexity index is 929. The van der Waals surface area contributed by atoms with Gasteiger partial charge in [-0.2, -0.15) is 4.31 Å². The summed E-state index contributed by atoms with van der Waals surface area (Å²) in [6.07, 6.45) is 1.74. The number of hydrogen-bond donors (Lipinski definition) is 1. The first kappa shape index (κ1) is 19.0. The van der Waals surface area contributed by atoms with E-state index in [1.54, 1.807) is 35.2 Å². The first-order chi connectivity index (χ1) is 12.9. The van der Waals surface area contributed by atoms with Crippen LogP contribution in [0.3, 0.4) is 0 Å². The van der Waals surface area contributed by atoms with Gasteiger partial charge in [0.2, 0.25) is 10.0 Å². The van der Waals surface area contributed by atoms with Crippen LogP contribution in [0, 0.1) is 0 Å². The standard InChI is InChI=1S/C18H19N3O5S/c22-17(14-7-8-16(18(23)24)19-13-14)20-9-4-10-21(12-11-20)27(25,26)15-5-2-1-3-6-15/h1-3,5-8,13H,4,9-12H2,(H,23,24). The van der Waals surface area contributed by atoms with Crippen molar-refractivity contribution in [3.63, 3.8) is 0 Å². The smallest absolute Gasteiger partial charge is 0.354 e. The van der Waals surface area contributed by atoms with Crippen LogP contribution in [0.15, 0.2) is 53.6 Å². The van der Waals surface area contributed by atoms with Crippen LogP contribution in [0.2, 0.25) is 0 Å². The van der Waals surface area contributed by atoms with E-state index in [2.05, 4.69) is 4.98 Å². The van der Waals surface area contributed by atoms with Gasteiger partial charge in [-0.05, 0) is 30.7 Å². The summed E-state index contributed by atoms with van der Waals surface area (Å²) >= 11 is 0. The molecule has 0 unspecified atom stereocenters. The first-order valence-corrected chi connectivity index (χ1v) is 9.87. The summed E-state index contributed by atoms with van der Waals surface area (Å²) in [6.45, 7) is 1.20. The number of aromatic carboxylic acids is 1. The maximum Gasteiger partial charge on any atom is 0.354 e.